The number of aryl methyl sites for hydroxylation is 1. The van der Waals surface area contributed by atoms with Crippen molar-refractivity contribution in [3.63, 3.8) is 0 Å². The van der Waals surface area contributed by atoms with Crippen LogP contribution in [0.1, 0.15) is 12.6 Å². The first-order valence-electron chi connectivity index (χ1n) is 9.34. The Kier molecular flexibility index (Phi) is 6.11. The molecule has 1 amide bonds. The van der Waals surface area contributed by atoms with Crippen molar-refractivity contribution in [2.24, 2.45) is 0 Å². The molecule has 0 N–H and O–H groups in total. The Morgan fingerprint density at radius 3 is 2.52 bits per heavy atom. The Morgan fingerprint density at radius 2 is 1.85 bits per heavy atom. The SMILES string of the molecule is CCOc1cc(C)nc(N2CCN(C(=O)CN(C)c3ccccc3)CC2)n1. The average Bonchev–Trinajstić information content (AvgIpc) is 2.68. The van der Waals surface area contributed by atoms with Gasteiger partial charge in [-0.05, 0) is 26.0 Å². The van der Waals surface area contributed by atoms with Gasteiger partial charge in [0.2, 0.25) is 17.7 Å². The Balaban J connectivity index is 1.56. The minimum atomic E-state index is 0.140. The first-order chi connectivity index (χ1) is 13.1. The molecule has 0 saturated carbocycles. The van der Waals surface area contributed by atoms with E-state index in [0.29, 0.717) is 38.1 Å². The van der Waals surface area contributed by atoms with Crippen LogP contribution in [0, 0.1) is 6.92 Å². The number of piperazine rings is 1. The molecule has 2 heterocycles. The third-order valence-corrected chi connectivity index (χ3v) is 4.60. The van der Waals surface area contributed by atoms with E-state index in [1.807, 2.05) is 67.1 Å². The first-order valence-corrected chi connectivity index (χ1v) is 9.34. The lowest BCUT2D eigenvalue weighted by molar-refractivity contribution is -0.129. The summed E-state index contributed by atoms with van der Waals surface area (Å²) in [5.74, 6) is 1.41. The topological polar surface area (TPSA) is 61.8 Å². The third-order valence-electron chi connectivity index (χ3n) is 4.60. The van der Waals surface area contributed by atoms with Crippen LogP contribution in [0.15, 0.2) is 36.4 Å². The Labute approximate surface area is 160 Å². The van der Waals surface area contributed by atoms with Gasteiger partial charge < -0.3 is 19.4 Å². The number of ether oxygens (including phenoxy) is 1. The summed E-state index contributed by atoms with van der Waals surface area (Å²) in [7, 11) is 1.94. The molecule has 1 aliphatic heterocycles. The van der Waals surface area contributed by atoms with Crippen molar-refractivity contribution in [2.75, 3.05) is 56.2 Å². The number of nitrogens with zero attached hydrogens (tertiary/aromatic N) is 5. The van der Waals surface area contributed by atoms with E-state index in [0.717, 1.165) is 24.5 Å². The number of rotatable bonds is 6. The van der Waals surface area contributed by atoms with E-state index in [4.69, 9.17) is 4.74 Å². The smallest absolute Gasteiger partial charge is 0.242 e. The lowest BCUT2D eigenvalue weighted by Gasteiger charge is -2.35. The molecule has 7 nitrogen and oxygen atoms in total. The van der Waals surface area contributed by atoms with E-state index in [2.05, 4.69) is 14.9 Å². The number of carbonyl (C=O) groups excluding carboxylic acids is 1. The van der Waals surface area contributed by atoms with Crippen LogP contribution >= 0.6 is 0 Å². The summed E-state index contributed by atoms with van der Waals surface area (Å²) < 4.78 is 5.52. The number of carbonyl (C=O) groups is 1. The minimum absolute atomic E-state index is 0.140. The maximum Gasteiger partial charge on any atom is 0.242 e. The van der Waals surface area contributed by atoms with Crippen LogP contribution in [0.5, 0.6) is 5.88 Å². The molecule has 7 heteroatoms. The number of anilines is 2. The first kappa shape index (κ1) is 18.9. The second-order valence-electron chi connectivity index (χ2n) is 6.64. The van der Waals surface area contributed by atoms with Crippen molar-refractivity contribution in [1.29, 1.82) is 0 Å². The van der Waals surface area contributed by atoms with Crippen molar-refractivity contribution in [3.05, 3.63) is 42.1 Å². The summed E-state index contributed by atoms with van der Waals surface area (Å²) in [6, 6.07) is 11.8. The molecule has 0 spiro atoms. The summed E-state index contributed by atoms with van der Waals surface area (Å²) in [6.45, 7) is 7.60. The molecule has 1 aliphatic rings. The molecule has 27 heavy (non-hydrogen) atoms. The van der Waals surface area contributed by atoms with Crippen molar-refractivity contribution in [3.8, 4) is 5.88 Å². The van der Waals surface area contributed by atoms with Gasteiger partial charge in [0.15, 0.2) is 0 Å². The highest BCUT2D eigenvalue weighted by molar-refractivity contribution is 5.81. The molecule has 1 fully saturated rings. The lowest BCUT2D eigenvalue weighted by atomic mass is 10.2. The van der Waals surface area contributed by atoms with Crippen LogP contribution in [0.2, 0.25) is 0 Å². The maximum atomic E-state index is 12.6. The van der Waals surface area contributed by atoms with Gasteiger partial charge in [-0.3, -0.25) is 4.79 Å². The Bertz CT molecular complexity index is 760. The van der Waals surface area contributed by atoms with Crippen LogP contribution in [0.3, 0.4) is 0 Å². The molecule has 1 aromatic heterocycles. The van der Waals surface area contributed by atoms with E-state index in [1.54, 1.807) is 0 Å². The van der Waals surface area contributed by atoms with Gasteiger partial charge >= 0.3 is 0 Å². The van der Waals surface area contributed by atoms with Crippen molar-refractivity contribution in [1.82, 2.24) is 14.9 Å². The van der Waals surface area contributed by atoms with Crippen LogP contribution in [-0.2, 0) is 4.79 Å². The van der Waals surface area contributed by atoms with Crippen LogP contribution < -0.4 is 14.5 Å². The summed E-state index contributed by atoms with van der Waals surface area (Å²) in [5.41, 5.74) is 1.92. The third kappa shape index (κ3) is 4.87. The van der Waals surface area contributed by atoms with Crippen molar-refractivity contribution >= 4 is 17.5 Å². The molecule has 3 rings (SSSR count). The van der Waals surface area contributed by atoms with E-state index >= 15 is 0 Å². The van der Waals surface area contributed by atoms with E-state index in [9.17, 15) is 4.79 Å². The normalized spacial score (nSPS) is 14.2. The van der Waals surface area contributed by atoms with Gasteiger partial charge in [0.05, 0.1) is 13.2 Å². The van der Waals surface area contributed by atoms with Gasteiger partial charge in [-0.15, -0.1) is 0 Å². The molecule has 2 aromatic rings. The zero-order chi connectivity index (χ0) is 19.2. The minimum Gasteiger partial charge on any atom is -0.478 e. The fourth-order valence-electron chi connectivity index (χ4n) is 3.12. The highest BCUT2D eigenvalue weighted by Gasteiger charge is 2.24. The average molecular weight is 369 g/mol. The molecule has 0 atom stereocenters. The van der Waals surface area contributed by atoms with Gasteiger partial charge in [-0.2, -0.15) is 4.98 Å². The number of amides is 1. The molecule has 0 aliphatic carbocycles. The molecule has 0 bridgehead atoms. The zero-order valence-corrected chi connectivity index (χ0v) is 16.3. The van der Waals surface area contributed by atoms with Crippen LogP contribution in [0.4, 0.5) is 11.6 Å². The second kappa shape index (κ2) is 8.70. The monoisotopic (exact) mass is 369 g/mol. The zero-order valence-electron chi connectivity index (χ0n) is 16.3. The number of hydrogen-bond acceptors (Lipinski definition) is 6. The fraction of sp³-hybridized carbons (Fsp3) is 0.450. The number of para-hydroxylation sites is 1. The molecule has 1 saturated heterocycles. The molecule has 0 unspecified atom stereocenters. The molecule has 1 aromatic carbocycles. The molecule has 144 valence electrons. The Morgan fingerprint density at radius 1 is 1.15 bits per heavy atom. The maximum absolute atomic E-state index is 12.6. The van der Waals surface area contributed by atoms with E-state index in [1.165, 1.54) is 0 Å². The van der Waals surface area contributed by atoms with Gasteiger partial charge in [-0.1, -0.05) is 18.2 Å². The number of likely N-dealkylation sites (N-methyl/N-ethyl adjacent to an activating group) is 1. The summed E-state index contributed by atoms with van der Waals surface area (Å²) in [4.78, 5) is 27.6. The van der Waals surface area contributed by atoms with Crippen molar-refractivity contribution < 1.29 is 9.53 Å². The molecular formula is C20H27N5O2. The largest absolute Gasteiger partial charge is 0.478 e. The van der Waals surface area contributed by atoms with Crippen molar-refractivity contribution in [2.45, 2.75) is 13.8 Å². The second-order valence-corrected chi connectivity index (χ2v) is 6.64. The number of hydrogen-bond donors (Lipinski definition) is 0. The number of aromatic nitrogens is 2. The van der Waals surface area contributed by atoms with Gasteiger partial charge in [0.1, 0.15) is 0 Å². The van der Waals surface area contributed by atoms with Crippen LogP contribution in [-0.4, -0.2) is 67.2 Å². The van der Waals surface area contributed by atoms with Gasteiger partial charge in [0, 0.05) is 50.7 Å². The highest BCUT2D eigenvalue weighted by atomic mass is 16.5. The quantitative estimate of drug-likeness (QED) is 0.776. The van der Waals surface area contributed by atoms with E-state index in [-0.39, 0.29) is 5.91 Å². The standard InChI is InChI=1S/C20H27N5O2/c1-4-27-18-14-16(2)21-20(22-18)25-12-10-24(11-13-25)19(26)15-23(3)17-8-6-5-7-9-17/h5-9,14H,4,10-13,15H2,1-3H3. The highest BCUT2D eigenvalue weighted by Crippen LogP contribution is 2.18. The molecule has 0 radical (unpaired) electrons. The Hall–Kier alpha value is -2.83. The predicted octanol–water partition coefficient (Wildman–Crippen LogP) is 1.97. The summed E-state index contributed by atoms with van der Waals surface area (Å²) >= 11 is 0. The summed E-state index contributed by atoms with van der Waals surface area (Å²) in [6.07, 6.45) is 0. The van der Waals surface area contributed by atoms with Crippen LogP contribution in [0.25, 0.3) is 0 Å². The predicted molar refractivity (Wildman–Crippen MR) is 106 cm³/mol. The van der Waals surface area contributed by atoms with Gasteiger partial charge in [-0.25, -0.2) is 4.98 Å². The van der Waals surface area contributed by atoms with E-state index < -0.39 is 0 Å². The lowest BCUT2D eigenvalue weighted by Crippen LogP contribution is -2.51. The fourth-order valence-corrected chi connectivity index (χ4v) is 3.12. The number of benzene rings is 1. The molecular weight excluding hydrogens is 342 g/mol. The van der Waals surface area contributed by atoms with Gasteiger partial charge in [0.25, 0.3) is 0 Å². The summed E-state index contributed by atoms with van der Waals surface area (Å²) in [5, 5.41) is 0.